The molecule has 1 amide bonds. The van der Waals surface area contributed by atoms with Gasteiger partial charge in [0.1, 0.15) is 0 Å². The van der Waals surface area contributed by atoms with Crippen LogP contribution in [0.4, 0.5) is 0 Å². The van der Waals surface area contributed by atoms with Crippen LogP contribution in [0.2, 0.25) is 0 Å². The zero-order valence-corrected chi connectivity index (χ0v) is 9.03. The first-order valence-electron chi connectivity index (χ1n) is 5.24. The lowest BCUT2D eigenvalue weighted by atomic mass is 9.76. The quantitative estimate of drug-likeness (QED) is 0.692. The second kappa shape index (κ2) is 4.61. The summed E-state index contributed by atoms with van der Waals surface area (Å²) in [4.78, 5) is 23.7. The van der Waals surface area contributed by atoms with Crippen LogP contribution < -0.4 is 5.73 Å². The van der Waals surface area contributed by atoms with E-state index >= 15 is 0 Å². The maximum Gasteiger partial charge on any atom is 0.309 e. The first kappa shape index (κ1) is 12.0. The van der Waals surface area contributed by atoms with Gasteiger partial charge in [-0.25, -0.2) is 0 Å². The molecule has 0 atom stereocenters. The van der Waals surface area contributed by atoms with Gasteiger partial charge >= 0.3 is 5.97 Å². The smallest absolute Gasteiger partial charge is 0.309 e. The van der Waals surface area contributed by atoms with Crippen LogP contribution in [0.5, 0.6) is 0 Å². The largest absolute Gasteiger partial charge is 0.481 e. The summed E-state index contributed by atoms with van der Waals surface area (Å²) in [7, 11) is 0. The van der Waals surface area contributed by atoms with Crippen molar-refractivity contribution >= 4 is 11.9 Å². The van der Waals surface area contributed by atoms with Gasteiger partial charge < -0.3 is 10.8 Å². The summed E-state index contributed by atoms with van der Waals surface area (Å²) in [6, 6.07) is 0. The minimum Gasteiger partial charge on any atom is -0.481 e. The number of hydrogen-bond donors (Lipinski definition) is 2. The molecule has 1 aliphatic rings. The Labute approximate surface area is 89.2 Å². The van der Waals surface area contributed by atoms with Crippen LogP contribution in [0.3, 0.4) is 0 Å². The number of carboxylic acids is 1. The van der Waals surface area contributed by atoms with Crippen LogP contribution in [0, 0.1) is 5.41 Å². The third-order valence-electron chi connectivity index (χ3n) is 3.32. The van der Waals surface area contributed by atoms with E-state index in [-0.39, 0.29) is 12.5 Å². The van der Waals surface area contributed by atoms with Crippen molar-refractivity contribution < 1.29 is 14.7 Å². The van der Waals surface area contributed by atoms with E-state index in [9.17, 15) is 9.59 Å². The molecular weight excluding hydrogens is 196 g/mol. The maximum atomic E-state index is 11.1. The first-order valence-corrected chi connectivity index (χ1v) is 5.24. The number of carboxylic acid groups (broad SMARTS) is 1. The second-order valence-corrected chi connectivity index (χ2v) is 4.18. The molecule has 0 aromatic carbocycles. The predicted octanol–water partition coefficient (Wildman–Crippen LogP) is 0.0485. The molecule has 0 saturated carbocycles. The molecule has 3 N–H and O–H groups in total. The summed E-state index contributed by atoms with van der Waals surface area (Å²) >= 11 is 0. The molecule has 5 heteroatoms. The molecule has 1 saturated heterocycles. The number of primary amides is 1. The number of piperidine rings is 1. The van der Waals surface area contributed by atoms with Gasteiger partial charge in [0, 0.05) is 0 Å². The van der Waals surface area contributed by atoms with E-state index in [1.165, 1.54) is 0 Å². The second-order valence-electron chi connectivity index (χ2n) is 4.18. The number of nitrogens with zero attached hydrogens (tertiary/aromatic N) is 1. The van der Waals surface area contributed by atoms with Gasteiger partial charge in [-0.05, 0) is 32.4 Å². The Morgan fingerprint density at radius 1 is 1.40 bits per heavy atom. The Morgan fingerprint density at radius 2 is 1.93 bits per heavy atom. The maximum absolute atomic E-state index is 11.1. The molecule has 0 aromatic rings. The average molecular weight is 214 g/mol. The lowest BCUT2D eigenvalue weighted by molar-refractivity contribution is -0.152. The number of aliphatic carboxylic acids is 1. The molecule has 15 heavy (non-hydrogen) atoms. The standard InChI is InChI=1S/C10H18N2O3/c1-2-10(9(14)15)3-5-12(6-4-10)7-8(11)13/h2-7H2,1H3,(H2,11,13)(H,14,15). The fourth-order valence-electron chi connectivity index (χ4n) is 2.08. The number of likely N-dealkylation sites (tertiary alicyclic amines) is 1. The molecule has 1 fully saturated rings. The molecule has 0 bridgehead atoms. The van der Waals surface area contributed by atoms with Gasteiger partial charge in [-0.15, -0.1) is 0 Å². The summed E-state index contributed by atoms with van der Waals surface area (Å²) in [5.74, 6) is -1.07. The van der Waals surface area contributed by atoms with E-state index < -0.39 is 11.4 Å². The predicted molar refractivity (Wildman–Crippen MR) is 55.2 cm³/mol. The highest BCUT2D eigenvalue weighted by Gasteiger charge is 2.39. The van der Waals surface area contributed by atoms with Crippen molar-refractivity contribution in [3.05, 3.63) is 0 Å². The van der Waals surface area contributed by atoms with Crippen LogP contribution in [0.1, 0.15) is 26.2 Å². The van der Waals surface area contributed by atoms with Crippen LogP contribution >= 0.6 is 0 Å². The third kappa shape index (κ3) is 2.68. The minimum absolute atomic E-state index is 0.236. The summed E-state index contributed by atoms with van der Waals surface area (Å²) in [5.41, 5.74) is 4.50. The molecule has 0 radical (unpaired) electrons. The van der Waals surface area contributed by atoms with Crippen LogP contribution in [-0.2, 0) is 9.59 Å². The Morgan fingerprint density at radius 3 is 2.27 bits per heavy atom. The highest BCUT2D eigenvalue weighted by molar-refractivity contribution is 5.76. The van der Waals surface area contributed by atoms with E-state index in [0.29, 0.717) is 32.4 Å². The third-order valence-corrected chi connectivity index (χ3v) is 3.32. The van der Waals surface area contributed by atoms with Crippen molar-refractivity contribution in [2.75, 3.05) is 19.6 Å². The summed E-state index contributed by atoms with van der Waals surface area (Å²) < 4.78 is 0. The Bertz CT molecular complexity index is 257. The van der Waals surface area contributed by atoms with Gasteiger partial charge in [0.25, 0.3) is 0 Å². The van der Waals surface area contributed by atoms with Gasteiger partial charge in [-0.1, -0.05) is 6.92 Å². The highest BCUT2D eigenvalue weighted by Crippen LogP contribution is 2.34. The van der Waals surface area contributed by atoms with Crippen molar-refractivity contribution in [1.82, 2.24) is 4.90 Å². The zero-order valence-electron chi connectivity index (χ0n) is 9.03. The van der Waals surface area contributed by atoms with Crippen molar-refractivity contribution in [3.63, 3.8) is 0 Å². The lowest BCUT2D eigenvalue weighted by Crippen LogP contribution is -2.46. The molecule has 86 valence electrons. The number of carbonyl (C=O) groups is 2. The van der Waals surface area contributed by atoms with Gasteiger partial charge in [-0.3, -0.25) is 14.5 Å². The first-order chi connectivity index (χ1) is 7.00. The number of rotatable bonds is 4. The van der Waals surface area contributed by atoms with Crippen molar-refractivity contribution in [2.45, 2.75) is 26.2 Å². The van der Waals surface area contributed by atoms with E-state index in [1.54, 1.807) is 0 Å². The molecule has 1 heterocycles. The number of nitrogens with two attached hydrogens (primary N) is 1. The Hall–Kier alpha value is -1.10. The van der Waals surface area contributed by atoms with Crippen LogP contribution in [0.25, 0.3) is 0 Å². The van der Waals surface area contributed by atoms with Crippen molar-refractivity contribution in [2.24, 2.45) is 11.1 Å². The normalized spacial score (nSPS) is 21.1. The topological polar surface area (TPSA) is 83.6 Å². The highest BCUT2D eigenvalue weighted by atomic mass is 16.4. The van der Waals surface area contributed by atoms with Gasteiger partial charge in [-0.2, -0.15) is 0 Å². The zero-order chi connectivity index (χ0) is 11.5. The summed E-state index contributed by atoms with van der Waals surface area (Å²) in [5, 5.41) is 9.15. The summed E-state index contributed by atoms with van der Waals surface area (Å²) in [6.07, 6.45) is 1.85. The molecule has 0 unspecified atom stereocenters. The molecule has 0 aromatic heterocycles. The fourth-order valence-corrected chi connectivity index (χ4v) is 2.08. The van der Waals surface area contributed by atoms with Crippen LogP contribution in [-0.4, -0.2) is 41.5 Å². The Kier molecular flexibility index (Phi) is 3.68. The fraction of sp³-hybridized carbons (Fsp3) is 0.800. The monoisotopic (exact) mass is 214 g/mol. The molecule has 1 rings (SSSR count). The molecule has 0 spiro atoms. The van der Waals surface area contributed by atoms with E-state index in [2.05, 4.69) is 0 Å². The number of carbonyl (C=O) groups excluding carboxylic acids is 1. The lowest BCUT2D eigenvalue weighted by Gasteiger charge is -2.37. The minimum atomic E-state index is -0.719. The average Bonchev–Trinajstić information content (AvgIpc) is 2.18. The molecule has 5 nitrogen and oxygen atoms in total. The SMILES string of the molecule is CCC1(C(=O)O)CCN(CC(N)=O)CC1. The molecule has 1 aliphatic heterocycles. The molecular formula is C10H18N2O3. The molecule has 0 aliphatic carbocycles. The summed E-state index contributed by atoms with van der Waals surface area (Å²) in [6.45, 7) is 3.42. The Balaban J connectivity index is 2.53. The van der Waals surface area contributed by atoms with Gasteiger partial charge in [0.15, 0.2) is 0 Å². The van der Waals surface area contributed by atoms with Gasteiger partial charge in [0.05, 0.1) is 12.0 Å². The van der Waals surface area contributed by atoms with Crippen LogP contribution in [0.15, 0.2) is 0 Å². The van der Waals surface area contributed by atoms with E-state index in [1.807, 2.05) is 11.8 Å². The van der Waals surface area contributed by atoms with Crippen molar-refractivity contribution in [3.8, 4) is 0 Å². The van der Waals surface area contributed by atoms with E-state index in [0.717, 1.165) is 0 Å². The van der Waals surface area contributed by atoms with Crippen molar-refractivity contribution in [1.29, 1.82) is 0 Å². The number of amides is 1. The van der Waals surface area contributed by atoms with E-state index in [4.69, 9.17) is 10.8 Å². The van der Waals surface area contributed by atoms with Gasteiger partial charge in [0.2, 0.25) is 5.91 Å². The number of hydrogen-bond acceptors (Lipinski definition) is 3.